The maximum atomic E-state index is 5.87. The van der Waals surface area contributed by atoms with E-state index in [0.29, 0.717) is 17.5 Å². The molecule has 0 aliphatic rings. The summed E-state index contributed by atoms with van der Waals surface area (Å²) in [5.74, 6) is 0.557. The molecule has 0 aliphatic heterocycles. The van der Waals surface area contributed by atoms with Crippen LogP contribution in [-0.2, 0) is 6.54 Å². The number of nitrogens with zero attached hydrogens (tertiary/aromatic N) is 2. The lowest BCUT2D eigenvalue weighted by Crippen LogP contribution is -2.03. The zero-order valence-corrected chi connectivity index (χ0v) is 8.78. The van der Waals surface area contributed by atoms with E-state index in [9.17, 15) is 0 Å². The van der Waals surface area contributed by atoms with Gasteiger partial charge >= 0.3 is 0 Å². The molecule has 0 atom stereocenters. The molecule has 1 heterocycles. The predicted molar refractivity (Wildman–Crippen MR) is 60.4 cm³/mol. The van der Waals surface area contributed by atoms with Crippen molar-refractivity contribution in [2.24, 2.45) is 5.73 Å². The molecule has 2 aromatic rings. The van der Waals surface area contributed by atoms with Gasteiger partial charge in [-0.3, -0.25) is 0 Å². The van der Waals surface area contributed by atoms with E-state index >= 15 is 0 Å². The van der Waals surface area contributed by atoms with Crippen LogP contribution >= 0.6 is 11.6 Å². The Labute approximate surface area is 92.9 Å². The Morgan fingerprint density at radius 1 is 1.13 bits per heavy atom. The Bertz CT molecular complexity index is 457. The van der Waals surface area contributed by atoms with Gasteiger partial charge in [-0.05, 0) is 0 Å². The van der Waals surface area contributed by atoms with Crippen molar-refractivity contribution in [2.45, 2.75) is 6.54 Å². The monoisotopic (exact) mass is 219 g/mol. The van der Waals surface area contributed by atoms with Gasteiger partial charge in [0, 0.05) is 11.6 Å². The summed E-state index contributed by atoms with van der Waals surface area (Å²) >= 11 is 5.87. The maximum absolute atomic E-state index is 5.87. The van der Waals surface area contributed by atoms with Crippen molar-refractivity contribution in [3.63, 3.8) is 0 Å². The van der Waals surface area contributed by atoms with Gasteiger partial charge < -0.3 is 5.73 Å². The van der Waals surface area contributed by atoms with Crippen molar-refractivity contribution < 1.29 is 0 Å². The zero-order chi connectivity index (χ0) is 10.7. The summed E-state index contributed by atoms with van der Waals surface area (Å²) in [7, 11) is 0. The van der Waals surface area contributed by atoms with Crippen LogP contribution in [0.25, 0.3) is 11.3 Å². The van der Waals surface area contributed by atoms with Crippen LogP contribution in [0.15, 0.2) is 36.4 Å². The molecule has 4 heteroatoms. The molecule has 0 saturated carbocycles. The van der Waals surface area contributed by atoms with E-state index in [2.05, 4.69) is 9.97 Å². The van der Waals surface area contributed by atoms with Crippen LogP contribution in [0.1, 0.15) is 5.82 Å². The van der Waals surface area contributed by atoms with Crippen LogP contribution in [-0.4, -0.2) is 9.97 Å². The highest BCUT2D eigenvalue weighted by atomic mass is 35.5. The average Bonchev–Trinajstić information content (AvgIpc) is 2.29. The van der Waals surface area contributed by atoms with Crippen LogP contribution in [0.2, 0.25) is 5.15 Å². The first kappa shape index (κ1) is 10.1. The normalized spacial score (nSPS) is 10.3. The molecule has 0 bridgehead atoms. The summed E-state index contributed by atoms with van der Waals surface area (Å²) in [6.45, 7) is 0.292. The summed E-state index contributed by atoms with van der Waals surface area (Å²) in [6.07, 6.45) is 0. The van der Waals surface area contributed by atoms with Crippen molar-refractivity contribution in [3.05, 3.63) is 47.4 Å². The molecule has 0 unspecified atom stereocenters. The third-order valence-corrected chi connectivity index (χ3v) is 2.19. The summed E-state index contributed by atoms with van der Waals surface area (Å²) in [5.41, 5.74) is 7.29. The maximum Gasteiger partial charge on any atom is 0.144 e. The summed E-state index contributed by atoms with van der Waals surface area (Å²) in [6, 6.07) is 11.5. The van der Waals surface area contributed by atoms with Crippen LogP contribution in [0.4, 0.5) is 0 Å². The number of nitrogens with two attached hydrogens (primary N) is 1. The minimum atomic E-state index is 0.292. The van der Waals surface area contributed by atoms with Crippen molar-refractivity contribution >= 4 is 11.6 Å². The minimum Gasteiger partial charge on any atom is -0.324 e. The lowest BCUT2D eigenvalue weighted by atomic mass is 10.1. The van der Waals surface area contributed by atoms with Gasteiger partial charge in [-0.1, -0.05) is 41.9 Å². The molecule has 15 heavy (non-hydrogen) atoms. The first-order chi connectivity index (χ1) is 7.29. The first-order valence-electron chi connectivity index (χ1n) is 4.58. The Morgan fingerprint density at radius 2 is 1.87 bits per heavy atom. The Hall–Kier alpha value is -1.45. The highest BCUT2D eigenvalue weighted by Gasteiger charge is 2.03. The fourth-order valence-corrected chi connectivity index (χ4v) is 1.51. The van der Waals surface area contributed by atoms with Crippen LogP contribution < -0.4 is 5.73 Å². The minimum absolute atomic E-state index is 0.292. The van der Waals surface area contributed by atoms with Gasteiger partial charge in [-0.15, -0.1) is 0 Å². The molecule has 0 radical (unpaired) electrons. The fourth-order valence-electron chi connectivity index (χ4n) is 1.31. The molecule has 2 rings (SSSR count). The van der Waals surface area contributed by atoms with Gasteiger partial charge in [0.1, 0.15) is 11.0 Å². The lowest BCUT2D eigenvalue weighted by molar-refractivity contribution is 0.912. The Balaban J connectivity index is 2.49. The van der Waals surface area contributed by atoms with Gasteiger partial charge in [0.15, 0.2) is 0 Å². The van der Waals surface area contributed by atoms with Gasteiger partial charge in [0.25, 0.3) is 0 Å². The Kier molecular flexibility index (Phi) is 2.94. The number of halogens is 1. The smallest absolute Gasteiger partial charge is 0.144 e. The molecule has 1 aromatic heterocycles. The van der Waals surface area contributed by atoms with Crippen molar-refractivity contribution in [1.82, 2.24) is 9.97 Å². The fraction of sp³-hybridized carbons (Fsp3) is 0.0909. The van der Waals surface area contributed by atoms with Gasteiger partial charge in [0.2, 0.25) is 0 Å². The molecule has 0 saturated heterocycles. The van der Waals surface area contributed by atoms with E-state index in [4.69, 9.17) is 17.3 Å². The lowest BCUT2D eigenvalue weighted by Gasteiger charge is -2.03. The number of benzene rings is 1. The summed E-state index contributed by atoms with van der Waals surface area (Å²) in [5, 5.41) is 0.421. The molecule has 0 aliphatic carbocycles. The van der Waals surface area contributed by atoms with Crippen molar-refractivity contribution in [3.8, 4) is 11.3 Å². The molecule has 0 spiro atoms. The van der Waals surface area contributed by atoms with Gasteiger partial charge in [0.05, 0.1) is 12.2 Å². The van der Waals surface area contributed by atoms with E-state index in [0.717, 1.165) is 11.3 Å². The average molecular weight is 220 g/mol. The summed E-state index contributed by atoms with van der Waals surface area (Å²) < 4.78 is 0. The van der Waals surface area contributed by atoms with Crippen LogP contribution in [0.3, 0.4) is 0 Å². The van der Waals surface area contributed by atoms with E-state index < -0.39 is 0 Å². The van der Waals surface area contributed by atoms with Gasteiger partial charge in [-0.2, -0.15) is 0 Å². The second-order valence-corrected chi connectivity index (χ2v) is 3.45. The molecule has 76 valence electrons. The van der Waals surface area contributed by atoms with Crippen LogP contribution in [0, 0.1) is 0 Å². The zero-order valence-electron chi connectivity index (χ0n) is 8.02. The molecule has 3 nitrogen and oxygen atoms in total. The second-order valence-electron chi connectivity index (χ2n) is 3.06. The summed E-state index contributed by atoms with van der Waals surface area (Å²) in [4.78, 5) is 8.31. The third-order valence-electron chi connectivity index (χ3n) is 1.99. The number of hydrogen-bond acceptors (Lipinski definition) is 3. The standard InChI is InChI=1S/C11H10ClN3/c12-10-6-9(14-11(7-13)15-10)8-4-2-1-3-5-8/h1-6H,7,13H2. The molecule has 0 fully saturated rings. The van der Waals surface area contributed by atoms with Crippen molar-refractivity contribution in [1.29, 1.82) is 0 Å². The predicted octanol–water partition coefficient (Wildman–Crippen LogP) is 2.26. The van der Waals surface area contributed by atoms with Gasteiger partial charge in [-0.25, -0.2) is 9.97 Å². The van der Waals surface area contributed by atoms with E-state index in [1.807, 2.05) is 30.3 Å². The van der Waals surface area contributed by atoms with E-state index in [1.54, 1.807) is 6.07 Å². The third kappa shape index (κ3) is 2.32. The quantitative estimate of drug-likeness (QED) is 0.789. The van der Waals surface area contributed by atoms with E-state index in [1.165, 1.54) is 0 Å². The van der Waals surface area contributed by atoms with E-state index in [-0.39, 0.29) is 0 Å². The van der Waals surface area contributed by atoms with Crippen LogP contribution in [0.5, 0.6) is 0 Å². The SMILES string of the molecule is NCc1nc(Cl)cc(-c2ccccc2)n1. The molecule has 0 amide bonds. The first-order valence-corrected chi connectivity index (χ1v) is 4.96. The number of rotatable bonds is 2. The van der Waals surface area contributed by atoms with Crippen molar-refractivity contribution in [2.75, 3.05) is 0 Å². The molecular weight excluding hydrogens is 210 g/mol. The molecular formula is C11H10ClN3. The number of hydrogen-bond donors (Lipinski definition) is 1. The second kappa shape index (κ2) is 4.38. The Morgan fingerprint density at radius 3 is 2.53 bits per heavy atom. The molecule has 1 aromatic carbocycles. The largest absolute Gasteiger partial charge is 0.324 e. The molecule has 2 N–H and O–H groups in total. The highest BCUT2D eigenvalue weighted by Crippen LogP contribution is 2.19. The highest BCUT2D eigenvalue weighted by molar-refractivity contribution is 6.29. The number of aromatic nitrogens is 2. The topological polar surface area (TPSA) is 51.8 Å².